The number of nitrogens with zero attached hydrogens (tertiary/aromatic N) is 1. The van der Waals surface area contributed by atoms with E-state index >= 15 is 0 Å². The highest BCUT2D eigenvalue weighted by Crippen LogP contribution is 2.21. The summed E-state index contributed by atoms with van der Waals surface area (Å²) >= 11 is 0. The van der Waals surface area contributed by atoms with Crippen LogP contribution in [0.1, 0.15) is 21.5 Å². The van der Waals surface area contributed by atoms with Crippen molar-refractivity contribution >= 4 is 5.97 Å². The van der Waals surface area contributed by atoms with Crippen molar-refractivity contribution in [1.82, 2.24) is 0 Å². The molecule has 1 aromatic rings. The summed E-state index contributed by atoms with van der Waals surface area (Å²) in [6.07, 6.45) is 0. The van der Waals surface area contributed by atoms with Gasteiger partial charge in [0.05, 0.1) is 18.2 Å². The largest absolute Gasteiger partial charge is 0.508 e. The number of nitriles is 1. The molecule has 0 fully saturated rings. The molecule has 0 heterocycles. The van der Waals surface area contributed by atoms with E-state index in [9.17, 15) is 9.90 Å². The van der Waals surface area contributed by atoms with Crippen molar-refractivity contribution in [2.24, 2.45) is 5.73 Å². The Bertz CT molecular complexity index is 435. The maximum atomic E-state index is 11.3. The second-order valence-corrected chi connectivity index (χ2v) is 2.83. The van der Waals surface area contributed by atoms with Crippen molar-refractivity contribution < 1.29 is 14.6 Å². The van der Waals surface area contributed by atoms with Gasteiger partial charge < -0.3 is 15.6 Å². The molecule has 3 N–H and O–H groups in total. The number of hydrogen-bond donors (Lipinski definition) is 2. The van der Waals surface area contributed by atoms with Gasteiger partial charge in [0.15, 0.2) is 0 Å². The topological polar surface area (TPSA) is 96.3 Å². The average molecular weight is 206 g/mol. The number of ether oxygens (including phenoxy) is 1. The fourth-order valence-electron chi connectivity index (χ4n) is 1.25. The summed E-state index contributed by atoms with van der Waals surface area (Å²) in [4.78, 5) is 11.3. The van der Waals surface area contributed by atoms with Gasteiger partial charge in [-0.05, 0) is 17.7 Å². The maximum absolute atomic E-state index is 11.3. The predicted molar refractivity (Wildman–Crippen MR) is 52.1 cm³/mol. The van der Waals surface area contributed by atoms with Gasteiger partial charge in [0.25, 0.3) is 0 Å². The van der Waals surface area contributed by atoms with Gasteiger partial charge >= 0.3 is 5.97 Å². The van der Waals surface area contributed by atoms with Crippen LogP contribution in [-0.2, 0) is 11.3 Å². The van der Waals surface area contributed by atoms with Crippen LogP contribution < -0.4 is 5.73 Å². The third kappa shape index (κ3) is 2.06. The molecule has 5 nitrogen and oxygen atoms in total. The van der Waals surface area contributed by atoms with Gasteiger partial charge in [-0.15, -0.1) is 0 Å². The van der Waals surface area contributed by atoms with Crippen LogP contribution in [-0.4, -0.2) is 18.2 Å². The highest BCUT2D eigenvalue weighted by Gasteiger charge is 2.16. The Hall–Kier alpha value is -2.06. The van der Waals surface area contributed by atoms with Crippen molar-refractivity contribution in [3.63, 3.8) is 0 Å². The van der Waals surface area contributed by atoms with Gasteiger partial charge in [-0.25, -0.2) is 4.79 Å². The first-order chi connectivity index (χ1) is 7.13. The molecular formula is C10H10N2O3. The van der Waals surface area contributed by atoms with E-state index in [1.807, 2.05) is 6.07 Å². The van der Waals surface area contributed by atoms with E-state index in [1.165, 1.54) is 19.2 Å². The molecule has 0 amide bonds. The van der Waals surface area contributed by atoms with Crippen molar-refractivity contribution in [3.05, 3.63) is 28.8 Å². The Morgan fingerprint density at radius 2 is 2.33 bits per heavy atom. The summed E-state index contributed by atoms with van der Waals surface area (Å²) < 4.78 is 4.49. The molecular weight excluding hydrogens is 196 g/mol. The first kappa shape index (κ1) is 11.0. The zero-order valence-corrected chi connectivity index (χ0v) is 8.15. The number of phenols is 1. The Morgan fingerprint density at radius 1 is 1.67 bits per heavy atom. The number of carbonyl (C=O) groups is 1. The average Bonchev–Trinajstić information content (AvgIpc) is 2.26. The molecule has 0 saturated carbocycles. The van der Waals surface area contributed by atoms with E-state index in [0.717, 1.165) is 0 Å². The fraction of sp³-hybridized carbons (Fsp3) is 0.200. The lowest BCUT2D eigenvalue weighted by molar-refractivity contribution is 0.0600. The van der Waals surface area contributed by atoms with Crippen molar-refractivity contribution in [3.8, 4) is 11.8 Å². The SMILES string of the molecule is COC(=O)c1cc(O)cc(CN)c1C#N. The maximum Gasteiger partial charge on any atom is 0.339 e. The minimum Gasteiger partial charge on any atom is -0.508 e. The number of phenolic OH excluding ortho intramolecular Hbond substituents is 1. The summed E-state index contributed by atoms with van der Waals surface area (Å²) in [5.74, 6) is -0.785. The molecule has 0 atom stereocenters. The second kappa shape index (κ2) is 4.44. The van der Waals surface area contributed by atoms with Crippen molar-refractivity contribution in [2.75, 3.05) is 7.11 Å². The van der Waals surface area contributed by atoms with E-state index in [-0.39, 0.29) is 23.4 Å². The van der Waals surface area contributed by atoms with Gasteiger partial charge in [-0.2, -0.15) is 5.26 Å². The number of aromatic hydroxyl groups is 1. The molecule has 5 heteroatoms. The number of rotatable bonds is 2. The lowest BCUT2D eigenvalue weighted by atomic mass is 10.0. The summed E-state index contributed by atoms with van der Waals surface area (Å²) in [6, 6.07) is 4.40. The van der Waals surface area contributed by atoms with E-state index in [4.69, 9.17) is 11.0 Å². The molecule has 15 heavy (non-hydrogen) atoms. The molecule has 0 aliphatic carbocycles. The Kier molecular flexibility index (Phi) is 3.26. The van der Waals surface area contributed by atoms with Crippen molar-refractivity contribution in [1.29, 1.82) is 5.26 Å². The molecule has 0 aromatic heterocycles. The van der Waals surface area contributed by atoms with Gasteiger partial charge in [0, 0.05) is 6.54 Å². The van der Waals surface area contributed by atoms with E-state index < -0.39 is 5.97 Å². The monoisotopic (exact) mass is 206 g/mol. The quantitative estimate of drug-likeness (QED) is 0.687. The lowest BCUT2D eigenvalue weighted by Crippen LogP contribution is -2.08. The minimum absolute atomic E-state index is 0.0282. The van der Waals surface area contributed by atoms with E-state index in [1.54, 1.807) is 0 Å². The van der Waals surface area contributed by atoms with Crippen LogP contribution >= 0.6 is 0 Å². The third-order valence-electron chi connectivity index (χ3n) is 1.94. The third-order valence-corrected chi connectivity index (χ3v) is 1.94. The number of esters is 1. The summed E-state index contributed by atoms with van der Waals surface area (Å²) in [5.41, 5.74) is 5.98. The Balaban J connectivity index is 3.43. The van der Waals surface area contributed by atoms with Gasteiger partial charge in [0.1, 0.15) is 11.8 Å². The number of benzene rings is 1. The highest BCUT2D eigenvalue weighted by atomic mass is 16.5. The second-order valence-electron chi connectivity index (χ2n) is 2.83. The number of hydrogen-bond acceptors (Lipinski definition) is 5. The van der Waals surface area contributed by atoms with Crippen molar-refractivity contribution in [2.45, 2.75) is 6.54 Å². The number of carbonyl (C=O) groups excluding carboxylic acids is 1. The zero-order valence-electron chi connectivity index (χ0n) is 8.15. The molecule has 0 saturated heterocycles. The van der Waals surface area contributed by atoms with Crippen LogP contribution in [0.4, 0.5) is 0 Å². The summed E-state index contributed by atoms with van der Waals surface area (Å²) in [5, 5.41) is 18.2. The summed E-state index contributed by atoms with van der Waals surface area (Å²) in [6.45, 7) is 0.0707. The van der Waals surface area contributed by atoms with Crippen LogP contribution in [0, 0.1) is 11.3 Å². The molecule has 0 spiro atoms. The normalized spacial score (nSPS) is 9.40. The van der Waals surface area contributed by atoms with Gasteiger partial charge in [0.2, 0.25) is 0 Å². The smallest absolute Gasteiger partial charge is 0.339 e. The van der Waals surface area contributed by atoms with Crippen LogP contribution in [0.15, 0.2) is 12.1 Å². The highest BCUT2D eigenvalue weighted by molar-refractivity contribution is 5.93. The molecule has 78 valence electrons. The van der Waals surface area contributed by atoms with Crippen LogP contribution in [0.25, 0.3) is 0 Å². The first-order valence-electron chi connectivity index (χ1n) is 4.18. The standard InChI is InChI=1S/C10H10N2O3/c1-15-10(14)8-3-7(13)2-6(4-11)9(8)5-12/h2-3,13H,4,11H2,1H3. The van der Waals surface area contributed by atoms with Crippen LogP contribution in [0.5, 0.6) is 5.75 Å². The minimum atomic E-state index is -0.669. The Labute approximate surface area is 86.7 Å². The predicted octanol–water partition coefficient (Wildman–Crippen LogP) is 0.509. The molecule has 1 aromatic carbocycles. The molecule has 0 aliphatic heterocycles. The molecule has 0 bridgehead atoms. The zero-order chi connectivity index (χ0) is 11.4. The summed E-state index contributed by atoms with van der Waals surface area (Å²) in [7, 11) is 1.20. The Morgan fingerprint density at radius 3 is 2.80 bits per heavy atom. The van der Waals surface area contributed by atoms with E-state index in [2.05, 4.69) is 4.74 Å². The van der Waals surface area contributed by atoms with Gasteiger partial charge in [-0.3, -0.25) is 0 Å². The number of nitrogens with two attached hydrogens (primary N) is 1. The molecule has 1 rings (SSSR count). The van der Waals surface area contributed by atoms with Crippen LogP contribution in [0.3, 0.4) is 0 Å². The lowest BCUT2D eigenvalue weighted by Gasteiger charge is -2.07. The number of methoxy groups -OCH3 is 1. The molecule has 0 unspecified atom stereocenters. The molecule has 0 aliphatic rings. The molecule has 0 radical (unpaired) electrons. The van der Waals surface area contributed by atoms with E-state index in [0.29, 0.717) is 5.56 Å². The fourth-order valence-corrected chi connectivity index (χ4v) is 1.25. The van der Waals surface area contributed by atoms with Crippen LogP contribution in [0.2, 0.25) is 0 Å². The first-order valence-corrected chi connectivity index (χ1v) is 4.18. The van der Waals surface area contributed by atoms with Gasteiger partial charge in [-0.1, -0.05) is 0 Å².